The van der Waals surface area contributed by atoms with Crippen molar-refractivity contribution in [2.75, 3.05) is 13.2 Å². The highest BCUT2D eigenvalue weighted by molar-refractivity contribution is 5.04. The van der Waals surface area contributed by atoms with E-state index in [1.165, 1.54) is 5.69 Å². The quantitative estimate of drug-likeness (QED) is 0.692. The van der Waals surface area contributed by atoms with Crippen LogP contribution < -0.4 is 0 Å². The van der Waals surface area contributed by atoms with Crippen molar-refractivity contribution < 1.29 is 9.15 Å². The maximum atomic E-state index is 5.94. The van der Waals surface area contributed by atoms with E-state index in [0.29, 0.717) is 19.1 Å². The van der Waals surface area contributed by atoms with E-state index in [4.69, 9.17) is 9.15 Å². The van der Waals surface area contributed by atoms with E-state index in [1.54, 1.807) is 12.5 Å². The van der Waals surface area contributed by atoms with Gasteiger partial charge in [-0.15, -0.1) is 0 Å². The number of rotatable bonds is 6. The van der Waals surface area contributed by atoms with E-state index in [1.807, 2.05) is 42.9 Å². The number of furan rings is 1. The van der Waals surface area contributed by atoms with Crippen molar-refractivity contribution in [3.8, 4) is 0 Å². The van der Waals surface area contributed by atoms with Crippen LogP contribution in [0.2, 0.25) is 0 Å². The molecule has 0 radical (unpaired) electrons. The van der Waals surface area contributed by atoms with Gasteiger partial charge in [0.15, 0.2) is 0 Å². The third kappa shape index (κ3) is 4.15. The number of nitrogens with zero attached hydrogens (tertiary/aromatic N) is 4. The van der Waals surface area contributed by atoms with Gasteiger partial charge in [0.2, 0.25) is 0 Å². The summed E-state index contributed by atoms with van der Waals surface area (Å²) in [6, 6.07) is 9.85. The molecule has 0 aromatic carbocycles. The molecule has 1 atom stereocenters. The summed E-state index contributed by atoms with van der Waals surface area (Å²) in [5.41, 5.74) is 2.20. The van der Waals surface area contributed by atoms with Gasteiger partial charge in [-0.05, 0) is 24.3 Å². The fourth-order valence-electron chi connectivity index (χ4n) is 3.30. The molecule has 0 amide bonds. The van der Waals surface area contributed by atoms with Gasteiger partial charge in [-0.2, -0.15) is 0 Å². The minimum Gasteiger partial charge on any atom is -0.468 e. The van der Waals surface area contributed by atoms with Gasteiger partial charge >= 0.3 is 0 Å². The van der Waals surface area contributed by atoms with E-state index in [9.17, 15) is 0 Å². The maximum absolute atomic E-state index is 5.94. The summed E-state index contributed by atoms with van der Waals surface area (Å²) in [7, 11) is 0. The van der Waals surface area contributed by atoms with Crippen LogP contribution in [-0.2, 0) is 31.0 Å². The van der Waals surface area contributed by atoms with Gasteiger partial charge in [-0.1, -0.05) is 6.07 Å². The van der Waals surface area contributed by atoms with Crippen molar-refractivity contribution in [3.05, 3.63) is 72.5 Å². The molecular formula is C19H22N4O2. The van der Waals surface area contributed by atoms with Crippen molar-refractivity contribution in [2.45, 2.75) is 26.2 Å². The first-order chi connectivity index (χ1) is 12.4. The van der Waals surface area contributed by atoms with Crippen LogP contribution in [0.15, 0.2) is 59.7 Å². The Morgan fingerprint density at radius 1 is 1.20 bits per heavy atom. The summed E-state index contributed by atoms with van der Waals surface area (Å²) >= 11 is 0. The summed E-state index contributed by atoms with van der Waals surface area (Å²) in [5.74, 6) is 1.38. The van der Waals surface area contributed by atoms with Crippen LogP contribution in [0, 0.1) is 5.92 Å². The Hall–Kier alpha value is -2.44. The summed E-state index contributed by atoms with van der Waals surface area (Å²) in [5, 5.41) is 0. The van der Waals surface area contributed by atoms with Crippen molar-refractivity contribution in [1.29, 1.82) is 0 Å². The number of fused-ring (bicyclic) bond motifs is 1. The fraction of sp³-hybridized carbons (Fsp3) is 0.368. The molecule has 130 valence electrons. The van der Waals surface area contributed by atoms with Gasteiger partial charge in [0.25, 0.3) is 0 Å². The maximum Gasteiger partial charge on any atom is 0.117 e. The molecule has 1 aliphatic rings. The number of ether oxygens (including phenoxy) is 1. The molecule has 0 aliphatic carbocycles. The molecule has 0 spiro atoms. The first kappa shape index (κ1) is 16.1. The van der Waals surface area contributed by atoms with Gasteiger partial charge in [-0.25, -0.2) is 4.98 Å². The van der Waals surface area contributed by atoms with E-state index in [2.05, 4.69) is 19.4 Å². The second-order valence-electron chi connectivity index (χ2n) is 6.49. The molecule has 1 unspecified atom stereocenters. The molecule has 6 nitrogen and oxygen atoms in total. The summed E-state index contributed by atoms with van der Waals surface area (Å²) < 4.78 is 13.7. The highest BCUT2D eigenvalue weighted by Gasteiger charge is 2.22. The third-order valence-electron chi connectivity index (χ3n) is 4.44. The lowest BCUT2D eigenvalue weighted by Gasteiger charge is -2.23. The molecule has 3 aromatic rings. The lowest BCUT2D eigenvalue weighted by molar-refractivity contribution is 0.0637. The lowest BCUT2D eigenvalue weighted by Crippen LogP contribution is -2.29. The van der Waals surface area contributed by atoms with Crippen LogP contribution in [0.3, 0.4) is 0 Å². The van der Waals surface area contributed by atoms with Crippen LogP contribution >= 0.6 is 0 Å². The fourth-order valence-corrected chi connectivity index (χ4v) is 3.30. The molecule has 0 saturated carbocycles. The predicted molar refractivity (Wildman–Crippen MR) is 92.4 cm³/mol. The Morgan fingerprint density at radius 3 is 3.04 bits per heavy atom. The first-order valence-electron chi connectivity index (χ1n) is 8.58. The molecule has 0 saturated heterocycles. The molecule has 0 fully saturated rings. The van der Waals surface area contributed by atoms with Crippen LogP contribution in [0.5, 0.6) is 0 Å². The van der Waals surface area contributed by atoms with Crippen LogP contribution in [-0.4, -0.2) is 32.6 Å². The summed E-state index contributed by atoms with van der Waals surface area (Å²) in [6.07, 6.45) is 7.39. The van der Waals surface area contributed by atoms with Gasteiger partial charge in [0.05, 0.1) is 43.7 Å². The van der Waals surface area contributed by atoms with Crippen LogP contribution in [0.4, 0.5) is 0 Å². The Morgan fingerprint density at radius 2 is 2.20 bits per heavy atom. The molecular weight excluding hydrogens is 316 g/mol. The Kier molecular flexibility index (Phi) is 4.90. The average Bonchev–Trinajstić information content (AvgIpc) is 3.25. The van der Waals surface area contributed by atoms with Crippen molar-refractivity contribution in [1.82, 2.24) is 19.4 Å². The molecule has 1 aliphatic heterocycles. The zero-order valence-corrected chi connectivity index (χ0v) is 14.1. The minimum absolute atomic E-state index is 0.397. The number of imidazole rings is 1. The van der Waals surface area contributed by atoms with Crippen molar-refractivity contribution >= 4 is 0 Å². The van der Waals surface area contributed by atoms with Gasteiger partial charge in [0, 0.05) is 37.9 Å². The highest BCUT2D eigenvalue weighted by Crippen LogP contribution is 2.19. The van der Waals surface area contributed by atoms with Gasteiger partial charge < -0.3 is 13.7 Å². The van der Waals surface area contributed by atoms with E-state index < -0.39 is 0 Å². The lowest BCUT2D eigenvalue weighted by atomic mass is 10.1. The number of pyridine rings is 1. The Balaban J connectivity index is 1.40. The predicted octanol–water partition coefficient (Wildman–Crippen LogP) is 2.72. The Labute approximate surface area is 147 Å². The van der Waals surface area contributed by atoms with Crippen LogP contribution in [0.1, 0.15) is 17.1 Å². The number of hydrogen-bond donors (Lipinski definition) is 0. The molecule has 25 heavy (non-hydrogen) atoms. The summed E-state index contributed by atoms with van der Waals surface area (Å²) in [4.78, 5) is 11.0. The van der Waals surface area contributed by atoms with Gasteiger partial charge in [-0.3, -0.25) is 9.88 Å². The Bertz CT molecular complexity index is 770. The number of hydrogen-bond acceptors (Lipinski definition) is 5. The largest absolute Gasteiger partial charge is 0.468 e. The molecule has 0 N–H and O–H groups in total. The van der Waals surface area contributed by atoms with Crippen molar-refractivity contribution in [3.63, 3.8) is 0 Å². The normalized spacial score (nSPS) is 18.0. The minimum atomic E-state index is 0.397. The highest BCUT2D eigenvalue weighted by atomic mass is 16.5. The smallest absolute Gasteiger partial charge is 0.117 e. The second kappa shape index (κ2) is 7.63. The van der Waals surface area contributed by atoms with E-state index in [0.717, 1.165) is 37.6 Å². The molecule has 4 rings (SSSR count). The van der Waals surface area contributed by atoms with Crippen molar-refractivity contribution in [2.24, 2.45) is 5.92 Å². The zero-order valence-electron chi connectivity index (χ0n) is 14.1. The molecule has 4 heterocycles. The average molecular weight is 338 g/mol. The monoisotopic (exact) mass is 338 g/mol. The SMILES string of the molecule is c1ccc(COCC2CN(Cc3ccco3)Cc3cncn3C2)nc1. The second-order valence-corrected chi connectivity index (χ2v) is 6.49. The van der Waals surface area contributed by atoms with E-state index >= 15 is 0 Å². The molecule has 6 heteroatoms. The van der Waals surface area contributed by atoms with Crippen LogP contribution in [0.25, 0.3) is 0 Å². The zero-order chi connectivity index (χ0) is 16.9. The first-order valence-corrected chi connectivity index (χ1v) is 8.58. The van der Waals surface area contributed by atoms with Gasteiger partial charge in [0.1, 0.15) is 5.76 Å². The topological polar surface area (TPSA) is 56.3 Å². The standard InChI is InChI=1S/C19H22N4O2/c1-2-6-21-17(4-1)14-24-13-16-9-22(12-19-5-3-7-25-19)11-18-8-20-15-23(18)10-16/h1-8,15-16H,9-14H2. The molecule has 0 bridgehead atoms. The van der Waals surface area contributed by atoms with E-state index in [-0.39, 0.29) is 0 Å². The third-order valence-corrected chi connectivity index (χ3v) is 4.44. The molecule has 3 aromatic heterocycles. The summed E-state index contributed by atoms with van der Waals surface area (Å²) in [6.45, 7) is 4.80. The number of aromatic nitrogens is 3.